The Labute approximate surface area is 184 Å². The number of nitrogen functional groups attached to an aromatic ring is 1. The van der Waals surface area contributed by atoms with E-state index in [1.54, 1.807) is 30.7 Å². The summed E-state index contributed by atoms with van der Waals surface area (Å²) in [6.07, 6.45) is 5.13. The highest BCUT2D eigenvalue weighted by molar-refractivity contribution is 7.18. The molecule has 1 amide bonds. The molecule has 0 fully saturated rings. The molecular weight excluding hydrogens is 410 g/mol. The fourth-order valence-corrected chi connectivity index (χ4v) is 3.73. The van der Waals surface area contributed by atoms with Crippen LogP contribution < -0.4 is 16.4 Å². The number of pyridine rings is 2. The van der Waals surface area contributed by atoms with Gasteiger partial charge in [-0.05, 0) is 49.3 Å². The SMILES string of the molecule is CN(C)CCNc1cc(C(=O)Nc2cc3cc(-c4cnc(N)s4)ccc3cn2)ccn1. The van der Waals surface area contributed by atoms with Gasteiger partial charge in [-0.1, -0.05) is 23.5 Å². The molecule has 31 heavy (non-hydrogen) atoms. The number of anilines is 3. The van der Waals surface area contributed by atoms with Gasteiger partial charge in [0.1, 0.15) is 11.6 Å². The maximum atomic E-state index is 12.7. The molecule has 0 saturated carbocycles. The minimum Gasteiger partial charge on any atom is -0.375 e. The normalized spacial score (nSPS) is 11.1. The summed E-state index contributed by atoms with van der Waals surface area (Å²) < 4.78 is 0. The fraction of sp³-hybridized carbons (Fsp3) is 0.182. The zero-order chi connectivity index (χ0) is 21.8. The number of thiazole rings is 1. The van der Waals surface area contributed by atoms with E-state index in [2.05, 4.69) is 30.5 Å². The van der Waals surface area contributed by atoms with Crippen molar-refractivity contribution >= 4 is 44.8 Å². The molecule has 0 unspecified atom stereocenters. The van der Waals surface area contributed by atoms with Crippen molar-refractivity contribution in [2.75, 3.05) is 43.6 Å². The molecule has 1 aromatic carbocycles. The van der Waals surface area contributed by atoms with Crippen LogP contribution in [0, 0.1) is 0 Å². The predicted molar refractivity (Wildman–Crippen MR) is 126 cm³/mol. The van der Waals surface area contributed by atoms with E-state index in [0.717, 1.165) is 34.3 Å². The third-order valence-corrected chi connectivity index (χ3v) is 5.53. The molecule has 0 aliphatic carbocycles. The second-order valence-corrected chi connectivity index (χ2v) is 8.37. The van der Waals surface area contributed by atoms with Crippen molar-refractivity contribution in [2.24, 2.45) is 0 Å². The first-order valence-corrected chi connectivity index (χ1v) is 10.6. The Morgan fingerprint density at radius 2 is 1.90 bits per heavy atom. The zero-order valence-corrected chi connectivity index (χ0v) is 18.1. The number of aromatic nitrogens is 3. The molecule has 0 aliphatic rings. The van der Waals surface area contributed by atoms with Crippen LogP contribution >= 0.6 is 11.3 Å². The van der Waals surface area contributed by atoms with Gasteiger partial charge in [-0.15, -0.1) is 0 Å². The maximum absolute atomic E-state index is 12.7. The number of amides is 1. The van der Waals surface area contributed by atoms with E-state index in [-0.39, 0.29) is 5.91 Å². The molecule has 4 aromatic rings. The number of likely N-dealkylation sites (N-methyl/N-ethyl adjacent to an activating group) is 1. The molecular formula is C22H23N7OS. The zero-order valence-electron chi connectivity index (χ0n) is 17.3. The number of carbonyl (C=O) groups is 1. The molecule has 4 N–H and O–H groups in total. The first-order chi connectivity index (χ1) is 15.0. The monoisotopic (exact) mass is 433 g/mol. The Hall–Kier alpha value is -3.56. The van der Waals surface area contributed by atoms with Crippen molar-refractivity contribution in [1.82, 2.24) is 19.9 Å². The van der Waals surface area contributed by atoms with Crippen molar-refractivity contribution in [3.05, 3.63) is 60.6 Å². The topological polar surface area (TPSA) is 109 Å². The Morgan fingerprint density at radius 3 is 2.68 bits per heavy atom. The van der Waals surface area contributed by atoms with Crippen molar-refractivity contribution in [1.29, 1.82) is 0 Å². The number of rotatable bonds is 7. The lowest BCUT2D eigenvalue weighted by Gasteiger charge is -2.11. The molecule has 9 heteroatoms. The van der Waals surface area contributed by atoms with Crippen molar-refractivity contribution in [3.63, 3.8) is 0 Å². The van der Waals surface area contributed by atoms with Crippen LogP contribution in [0.2, 0.25) is 0 Å². The lowest BCUT2D eigenvalue weighted by Crippen LogP contribution is -2.21. The summed E-state index contributed by atoms with van der Waals surface area (Å²) in [6.45, 7) is 1.61. The van der Waals surface area contributed by atoms with Gasteiger partial charge < -0.3 is 21.3 Å². The summed E-state index contributed by atoms with van der Waals surface area (Å²) in [6, 6.07) is 11.3. The van der Waals surface area contributed by atoms with Gasteiger partial charge in [0.2, 0.25) is 0 Å². The number of benzene rings is 1. The van der Waals surface area contributed by atoms with Crippen molar-refractivity contribution in [2.45, 2.75) is 0 Å². The predicted octanol–water partition coefficient (Wildman–Crippen LogP) is 3.56. The number of carbonyl (C=O) groups excluding carboxylic acids is 1. The summed E-state index contributed by atoms with van der Waals surface area (Å²) in [7, 11) is 4.01. The van der Waals surface area contributed by atoms with Crippen LogP contribution in [0.1, 0.15) is 10.4 Å². The Bertz CT molecular complexity index is 1220. The van der Waals surface area contributed by atoms with Gasteiger partial charge in [0, 0.05) is 42.6 Å². The Kier molecular flexibility index (Phi) is 6.06. The van der Waals surface area contributed by atoms with E-state index >= 15 is 0 Å². The molecule has 158 valence electrons. The molecule has 3 aromatic heterocycles. The van der Waals surface area contributed by atoms with Crippen LogP contribution in [-0.4, -0.2) is 52.9 Å². The van der Waals surface area contributed by atoms with Crippen LogP contribution in [0.25, 0.3) is 21.2 Å². The van der Waals surface area contributed by atoms with Crippen LogP contribution in [0.3, 0.4) is 0 Å². The summed E-state index contributed by atoms with van der Waals surface area (Å²) in [4.78, 5) is 28.6. The number of nitrogens with zero attached hydrogens (tertiary/aromatic N) is 4. The molecule has 0 aliphatic heterocycles. The number of hydrogen-bond donors (Lipinski definition) is 3. The number of fused-ring (bicyclic) bond motifs is 1. The van der Waals surface area contributed by atoms with Gasteiger partial charge >= 0.3 is 0 Å². The van der Waals surface area contributed by atoms with Gasteiger partial charge in [0.25, 0.3) is 5.91 Å². The smallest absolute Gasteiger partial charge is 0.257 e. The lowest BCUT2D eigenvalue weighted by molar-refractivity contribution is 0.102. The van der Waals surface area contributed by atoms with Gasteiger partial charge in [-0.2, -0.15) is 0 Å². The van der Waals surface area contributed by atoms with E-state index in [1.165, 1.54) is 11.3 Å². The van der Waals surface area contributed by atoms with Crippen LogP contribution in [0.4, 0.5) is 16.8 Å². The van der Waals surface area contributed by atoms with Crippen LogP contribution in [0.5, 0.6) is 0 Å². The molecule has 0 radical (unpaired) electrons. The third kappa shape index (κ3) is 5.14. The molecule has 4 rings (SSSR count). The van der Waals surface area contributed by atoms with Gasteiger partial charge in [-0.25, -0.2) is 15.0 Å². The minimum atomic E-state index is -0.240. The third-order valence-electron chi connectivity index (χ3n) is 4.66. The number of nitrogens with two attached hydrogens (primary N) is 1. The van der Waals surface area contributed by atoms with Crippen molar-refractivity contribution < 1.29 is 4.79 Å². The average Bonchev–Trinajstić information content (AvgIpc) is 3.19. The van der Waals surface area contributed by atoms with Gasteiger partial charge in [-0.3, -0.25) is 4.79 Å². The molecule has 0 saturated heterocycles. The van der Waals surface area contributed by atoms with E-state index in [4.69, 9.17) is 5.73 Å². The quantitative estimate of drug-likeness (QED) is 0.409. The Morgan fingerprint density at radius 1 is 1.03 bits per heavy atom. The summed E-state index contributed by atoms with van der Waals surface area (Å²) in [5.74, 6) is 0.906. The largest absolute Gasteiger partial charge is 0.375 e. The Balaban J connectivity index is 1.50. The van der Waals surface area contributed by atoms with Crippen LogP contribution in [-0.2, 0) is 0 Å². The first-order valence-electron chi connectivity index (χ1n) is 9.75. The number of nitrogens with one attached hydrogen (secondary N) is 2. The van der Waals surface area contributed by atoms with Gasteiger partial charge in [0.15, 0.2) is 5.13 Å². The molecule has 3 heterocycles. The summed E-state index contributed by atoms with van der Waals surface area (Å²) in [5, 5.41) is 8.58. The highest BCUT2D eigenvalue weighted by Crippen LogP contribution is 2.30. The average molecular weight is 434 g/mol. The van der Waals surface area contributed by atoms with Crippen molar-refractivity contribution in [3.8, 4) is 10.4 Å². The standard InChI is InChI=1S/C22H23N7OS/c1-29(2)8-7-25-19-10-15(5-6-24-19)21(30)28-20-11-17-9-14(3-4-16(17)12-26-20)18-13-27-22(23)31-18/h3-6,9-13H,7-8H2,1-2H3,(H2,23,27)(H,24,25)(H,26,28,30). The number of hydrogen-bond acceptors (Lipinski definition) is 8. The molecule has 0 bridgehead atoms. The van der Waals surface area contributed by atoms with E-state index in [1.807, 2.05) is 38.4 Å². The lowest BCUT2D eigenvalue weighted by atomic mass is 10.1. The fourth-order valence-electron chi connectivity index (χ4n) is 3.05. The molecule has 0 spiro atoms. The first kappa shape index (κ1) is 20.7. The highest BCUT2D eigenvalue weighted by Gasteiger charge is 2.10. The maximum Gasteiger partial charge on any atom is 0.257 e. The van der Waals surface area contributed by atoms with E-state index in [0.29, 0.717) is 22.3 Å². The second kappa shape index (κ2) is 9.07. The second-order valence-electron chi connectivity index (χ2n) is 7.31. The highest BCUT2D eigenvalue weighted by atomic mass is 32.1. The molecule has 0 atom stereocenters. The minimum absolute atomic E-state index is 0.240. The summed E-state index contributed by atoms with van der Waals surface area (Å²) >= 11 is 1.44. The van der Waals surface area contributed by atoms with Crippen LogP contribution in [0.15, 0.2) is 55.0 Å². The van der Waals surface area contributed by atoms with Gasteiger partial charge in [0.05, 0.1) is 4.88 Å². The van der Waals surface area contributed by atoms with E-state index in [9.17, 15) is 4.79 Å². The molecule has 8 nitrogen and oxygen atoms in total. The van der Waals surface area contributed by atoms with E-state index < -0.39 is 0 Å². The summed E-state index contributed by atoms with van der Waals surface area (Å²) in [5.41, 5.74) is 7.29.